The van der Waals surface area contributed by atoms with E-state index in [9.17, 15) is 9.59 Å². The van der Waals surface area contributed by atoms with Crippen LogP contribution in [0.1, 0.15) is 32.1 Å². The van der Waals surface area contributed by atoms with Crippen LogP contribution in [-0.4, -0.2) is 48.8 Å². The van der Waals surface area contributed by atoms with Gasteiger partial charge in [-0.3, -0.25) is 9.69 Å². The monoisotopic (exact) mass is 215 g/mol. The predicted molar refractivity (Wildman–Crippen MR) is 58.7 cm³/mol. The van der Waals surface area contributed by atoms with E-state index < -0.39 is 6.04 Å². The van der Waals surface area contributed by atoms with E-state index in [4.69, 9.17) is 5.11 Å². The molecule has 0 aliphatic carbocycles. The fraction of sp³-hybridized carbons (Fsp3) is 0.818. The number of aliphatic hydroxyl groups is 1. The molecular weight excluding hydrogens is 194 g/mol. The lowest BCUT2D eigenvalue weighted by molar-refractivity contribution is -0.128. The molecule has 0 fully saturated rings. The Balaban J connectivity index is 3.67. The molecule has 0 rings (SSSR count). The van der Waals surface area contributed by atoms with Crippen molar-refractivity contribution in [3.63, 3.8) is 0 Å². The second kappa shape index (κ2) is 8.56. The van der Waals surface area contributed by atoms with E-state index in [0.717, 1.165) is 25.7 Å². The highest BCUT2D eigenvalue weighted by Crippen LogP contribution is 2.05. The summed E-state index contributed by atoms with van der Waals surface area (Å²) in [5.74, 6) is -0.0148. The van der Waals surface area contributed by atoms with Crippen molar-refractivity contribution in [3.8, 4) is 0 Å². The molecule has 0 saturated carbocycles. The number of likely N-dealkylation sites (N-methyl/N-ethyl adjacent to an activating group) is 1. The largest absolute Gasteiger partial charge is 0.396 e. The van der Waals surface area contributed by atoms with E-state index in [2.05, 4.69) is 0 Å². The van der Waals surface area contributed by atoms with Gasteiger partial charge in [0.05, 0.1) is 0 Å². The summed E-state index contributed by atoms with van der Waals surface area (Å²) in [7, 11) is 3.45. The van der Waals surface area contributed by atoms with Gasteiger partial charge in [0.1, 0.15) is 12.3 Å². The fourth-order valence-electron chi connectivity index (χ4n) is 1.40. The lowest BCUT2D eigenvalue weighted by Crippen LogP contribution is -2.36. The maximum atomic E-state index is 11.5. The van der Waals surface area contributed by atoms with Crippen LogP contribution >= 0.6 is 0 Å². The first-order chi connectivity index (χ1) is 7.13. The van der Waals surface area contributed by atoms with Gasteiger partial charge in [0.2, 0.25) is 0 Å². The molecule has 15 heavy (non-hydrogen) atoms. The van der Waals surface area contributed by atoms with Gasteiger partial charge in [-0.25, -0.2) is 0 Å². The molecular formula is C11H21NO3. The van der Waals surface area contributed by atoms with Crippen LogP contribution in [0.4, 0.5) is 0 Å². The number of carbonyl (C=O) groups is 2. The smallest absolute Gasteiger partial charge is 0.157 e. The molecule has 0 aromatic carbocycles. The van der Waals surface area contributed by atoms with Crippen molar-refractivity contribution in [1.29, 1.82) is 0 Å². The van der Waals surface area contributed by atoms with Crippen molar-refractivity contribution in [2.45, 2.75) is 38.1 Å². The first-order valence-corrected chi connectivity index (χ1v) is 5.38. The first kappa shape index (κ1) is 14.3. The maximum absolute atomic E-state index is 11.5. The third-order valence-electron chi connectivity index (χ3n) is 2.35. The van der Waals surface area contributed by atoms with Crippen LogP contribution in [0.3, 0.4) is 0 Å². The molecule has 0 aromatic heterocycles. The van der Waals surface area contributed by atoms with Gasteiger partial charge in [0.15, 0.2) is 5.78 Å². The van der Waals surface area contributed by atoms with Crippen LogP contribution in [0.2, 0.25) is 0 Å². The van der Waals surface area contributed by atoms with E-state index in [0.29, 0.717) is 12.7 Å². The molecule has 0 bridgehead atoms. The van der Waals surface area contributed by atoms with E-state index in [1.165, 1.54) is 0 Å². The normalized spacial score (nSPS) is 12.8. The van der Waals surface area contributed by atoms with Crippen LogP contribution in [0, 0.1) is 0 Å². The van der Waals surface area contributed by atoms with E-state index in [1.807, 2.05) is 0 Å². The van der Waals surface area contributed by atoms with Crippen LogP contribution in [-0.2, 0) is 9.59 Å². The molecule has 4 heteroatoms. The summed E-state index contributed by atoms with van der Waals surface area (Å²) in [5.41, 5.74) is 0. The first-order valence-electron chi connectivity index (χ1n) is 5.38. The van der Waals surface area contributed by atoms with Crippen LogP contribution in [0.5, 0.6) is 0 Å². The number of Topliss-reactive ketones (excluding diaryl/α,β-unsaturated/α-hetero) is 1. The number of nitrogens with zero attached hydrogens (tertiary/aromatic N) is 1. The Morgan fingerprint density at radius 1 is 1.27 bits per heavy atom. The summed E-state index contributed by atoms with van der Waals surface area (Å²) in [6.45, 7) is 0.211. The van der Waals surface area contributed by atoms with Crippen molar-refractivity contribution in [2.24, 2.45) is 0 Å². The van der Waals surface area contributed by atoms with Gasteiger partial charge in [-0.1, -0.05) is 12.8 Å². The third-order valence-corrected chi connectivity index (χ3v) is 2.35. The number of ketones is 1. The molecule has 0 amide bonds. The zero-order valence-electron chi connectivity index (χ0n) is 9.61. The summed E-state index contributed by atoms with van der Waals surface area (Å²) in [5, 5.41) is 8.55. The number of aldehydes is 1. The van der Waals surface area contributed by atoms with Gasteiger partial charge in [-0.2, -0.15) is 0 Å². The van der Waals surface area contributed by atoms with Crippen molar-refractivity contribution in [3.05, 3.63) is 0 Å². The molecule has 0 unspecified atom stereocenters. The highest BCUT2D eigenvalue weighted by Gasteiger charge is 2.18. The highest BCUT2D eigenvalue weighted by atomic mass is 16.2. The Bertz CT molecular complexity index is 192. The van der Waals surface area contributed by atoms with E-state index >= 15 is 0 Å². The minimum atomic E-state index is -0.595. The van der Waals surface area contributed by atoms with Crippen molar-refractivity contribution in [1.82, 2.24) is 4.90 Å². The second-order valence-corrected chi connectivity index (χ2v) is 3.90. The summed E-state index contributed by atoms with van der Waals surface area (Å²) in [6.07, 6.45) is 4.61. The third kappa shape index (κ3) is 6.36. The summed E-state index contributed by atoms with van der Waals surface area (Å²) in [6, 6.07) is -0.595. The highest BCUT2D eigenvalue weighted by molar-refractivity contribution is 5.97. The average molecular weight is 215 g/mol. The number of hydrogen-bond donors (Lipinski definition) is 1. The maximum Gasteiger partial charge on any atom is 0.157 e. The van der Waals surface area contributed by atoms with Crippen molar-refractivity contribution >= 4 is 12.1 Å². The van der Waals surface area contributed by atoms with Crippen LogP contribution in [0.15, 0.2) is 0 Å². The standard InChI is InChI=1S/C11H21NO3/c1-12(2)10(9-14)11(15)7-5-3-4-6-8-13/h9-10,13H,3-8H2,1-2H3/t10-/m1/s1. The lowest BCUT2D eigenvalue weighted by Gasteiger charge is -2.16. The zero-order valence-corrected chi connectivity index (χ0v) is 9.61. The molecule has 0 saturated heterocycles. The Morgan fingerprint density at radius 2 is 1.87 bits per heavy atom. The van der Waals surface area contributed by atoms with Gasteiger partial charge in [0.25, 0.3) is 0 Å². The van der Waals surface area contributed by atoms with Gasteiger partial charge in [-0.05, 0) is 26.9 Å². The number of carbonyl (C=O) groups excluding carboxylic acids is 2. The van der Waals surface area contributed by atoms with Gasteiger partial charge < -0.3 is 9.90 Å². The van der Waals surface area contributed by atoms with Gasteiger partial charge >= 0.3 is 0 Å². The SMILES string of the molecule is CN(C)[C@H](C=O)C(=O)CCCCCCO. The summed E-state index contributed by atoms with van der Waals surface area (Å²) >= 11 is 0. The van der Waals surface area contributed by atoms with Gasteiger partial charge in [0, 0.05) is 13.0 Å². The topological polar surface area (TPSA) is 57.6 Å². The molecule has 0 aliphatic rings. The minimum Gasteiger partial charge on any atom is -0.396 e. The minimum absolute atomic E-state index is 0.0148. The lowest BCUT2D eigenvalue weighted by atomic mass is 10.1. The van der Waals surface area contributed by atoms with Crippen molar-refractivity contribution < 1.29 is 14.7 Å². The Kier molecular flexibility index (Phi) is 8.14. The van der Waals surface area contributed by atoms with E-state index in [1.54, 1.807) is 19.0 Å². The number of aliphatic hydroxyl groups excluding tert-OH is 1. The van der Waals surface area contributed by atoms with Crippen LogP contribution < -0.4 is 0 Å². The molecule has 0 aromatic rings. The zero-order chi connectivity index (χ0) is 11.7. The Morgan fingerprint density at radius 3 is 2.33 bits per heavy atom. The molecule has 0 aliphatic heterocycles. The molecule has 4 nitrogen and oxygen atoms in total. The van der Waals surface area contributed by atoms with Crippen LogP contribution in [0.25, 0.3) is 0 Å². The second-order valence-electron chi connectivity index (χ2n) is 3.90. The molecule has 1 atom stereocenters. The van der Waals surface area contributed by atoms with E-state index in [-0.39, 0.29) is 12.4 Å². The predicted octanol–water partition coefficient (Wildman–Crippen LogP) is 0.627. The molecule has 88 valence electrons. The molecule has 0 heterocycles. The summed E-state index contributed by atoms with van der Waals surface area (Å²) in [4.78, 5) is 23.8. The van der Waals surface area contributed by atoms with Crippen molar-refractivity contribution in [2.75, 3.05) is 20.7 Å². The number of unbranched alkanes of at least 4 members (excludes halogenated alkanes) is 3. The Labute approximate surface area is 91.3 Å². The molecule has 1 N–H and O–H groups in total. The summed E-state index contributed by atoms with van der Waals surface area (Å²) < 4.78 is 0. The van der Waals surface area contributed by atoms with Gasteiger partial charge in [-0.15, -0.1) is 0 Å². The number of rotatable bonds is 9. The fourth-order valence-corrected chi connectivity index (χ4v) is 1.40. The average Bonchev–Trinajstić information content (AvgIpc) is 2.18. The quantitative estimate of drug-likeness (QED) is 0.348. The molecule has 0 spiro atoms. The Hall–Kier alpha value is -0.740. The molecule has 0 radical (unpaired) electrons. The number of hydrogen-bond acceptors (Lipinski definition) is 4.